The molecule has 112 valence electrons. The lowest BCUT2D eigenvalue weighted by Gasteiger charge is -2.09. The van der Waals surface area contributed by atoms with Crippen molar-refractivity contribution in [2.24, 2.45) is 7.05 Å². The summed E-state index contributed by atoms with van der Waals surface area (Å²) in [7, 11) is 1.88. The van der Waals surface area contributed by atoms with Crippen molar-refractivity contribution in [2.45, 2.75) is 39.0 Å². The van der Waals surface area contributed by atoms with Crippen LogP contribution in [-0.2, 0) is 20.2 Å². The highest BCUT2D eigenvalue weighted by Crippen LogP contribution is 2.23. The van der Waals surface area contributed by atoms with Crippen LogP contribution >= 0.6 is 11.6 Å². The van der Waals surface area contributed by atoms with Crippen LogP contribution in [0.2, 0.25) is 5.02 Å². The van der Waals surface area contributed by atoms with E-state index in [-0.39, 0.29) is 0 Å². The fourth-order valence-electron chi connectivity index (χ4n) is 2.28. The van der Waals surface area contributed by atoms with Gasteiger partial charge in [0, 0.05) is 19.6 Å². The van der Waals surface area contributed by atoms with E-state index in [0.29, 0.717) is 17.7 Å². The van der Waals surface area contributed by atoms with Gasteiger partial charge in [-0.1, -0.05) is 23.7 Å². The molecule has 0 radical (unpaired) electrons. The highest BCUT2D eigenvalue weighted by atomic mass is 35.5. The number of rotatable bonds is 6. The van der Waals surface area contributed by atoms with Crippen LogP contribution in [-0.4, -0.2) is 15.8 Å². The summed E-state index contributed by atoms with van der Waals surface area (Å²) < 4.78 is 7.63. The summed E-state index contributed by atoms with van der Waals surface area (Å²) in [5, 5.41) is 8.48. The SMILES string of the molecule is Cc1nn(C)c(COc2cccc(CNC3CC3)c2)c1Cl. The first-order valence-corrected chi connectivity index (χ1v) is 7.64. The summed E-state index contributed by atoms with van der Waals surface area (Å²) >= 11 is 6.23. The van der Waals surface area contributed by atoms with Crippen LogP contribution in [0.5, 0.6) is 5.75 Å². The molecule has 3 rings (SSSR count). The second kappa shape index (κ2) is 6.08. The van der Waals surface area contributed by atoms with E-state index in [2.05, 4.69) is 22.5 Å². The summed E-state index contributed by atoms with van der Waals surface area (Å²) in [6.45, 7) is 3.22. The summed E-state index contributed by atoms with van der Waals surface area (Å²) in [5.41, 5.74) is 2.97. The molecule has 1 aromatic heterocycles. The molecule has 1 heterocycles. The Hall–Kier alpha value is -1.52. The monoisotopic (exact) mass is 305 g/mol. The van der Waals surface area contributed by atoms with Crippen molar-refractivity contribution < 1.29 is 4.74 Å². The minimum atomic E-state index is 0.426. The summed E-state index contributed by atoms with van der Waals surface area (Å²) in [5.74, 6) is 0.861. The van der Waals surface area contributed by atoms with Gasteiger partial charge < -0.3 is 10.1 Å². The number of halogens is 1. The van der Waals surface area contributed by atoms with Crippen LogP contribution in [0.1, 0.15) is 29.8 Å². The Morgan fingerprint density at radius 1 is 1.43 bits per heavy atom. The molecule has 0 atom stereocenters. The van der Waals surface area contributed by atoms with Crippen molar-refractivity contribution in [1.82, 2.24) is 15.1 Å². The second-order valence-electron chi connectivity index (χ2n) is 5.56. The van der Waals surface area contributed by atoms with Crippen molar-refractivity contribution in [3.63, 3.8) is 0 Å². The first-order valence-electron chi connectivity index (χ1n) is 7.26. The van der Waals surface area contributed by atoms with E-state index in [4.69, 9.17) is 16.3 Å². The molecule has 0 amide bonds. The van der Waals surface area contributed by atoms with Crippen molar-refractivity contribution in [1.29, 1.82) is 0 Å². The second-order valence-corrected chi connectivity index (χ2v) is 5.94. The predicted molar refractivity (Wildman–Crippen MR) is 83.6 cm³/mol. The molecule has 0 unspecified atom stereocenters. The fraction of sp³-hybridized carbons (Fsp3) is 0.438. The zero-order valence-corrected chi connectivity index (χ0v) is 13.2. The molecule has 0 aliphatic heterocycles. The largest absolute Gasteiger partial charge is 0.487 e. The number of aryl methyl sites for hydroxylation is 2. The van der Waals surface area contributed by atoms with Gasteiger partial charge in [-0.3, -0.25) is 4.68 Å². The smallest absolute Gasteiger partial charge is 0.131 e. The van der Waals surface area contributed by atoms with Gasteiger partial charge >= 0.3 is 0 Å². The Labute approximate surface area is 130 Å². The molecule has 4 nitrogen and oxygen atoms in total. The van der Waals surface area contributed by atoms with Crippen LogP contribution in [0.25, 0.3) is 0 Å². The Balaban J connectivity index is 1.62. The van der Waals surface area contributed by atoms with Gasteiger partial charge in [0.1, 0.15) is 12.4 Å². The highest BCUT2D eigenvalue weighted by Gasteiger charge is 2.19. The van der Waals surface area contributed by atoms with Gasteiger partial charge in [-0.2, -0.15) is 5.10 Å². The standard InChI is InChI=1S/C16H20ClN3O/c1-11-16(17)15(20(2)19-11)10-21-14-5-3-4-12(8-14)9-18-13-6-7-13/h3-5,8,13,18H,6-7,9-10H2,1-2H3. The van der Waals surface area contributed by atoms with Crippen LogP contribution in [0.3, 0.4) is 0 Å². The van der Waals surface area contributed by atoms with Gasteiger partial charge in [-0.25, -0.2) is 0 Å². The third-order valence-corrected chi connectivity index (χ3v) is 4.20. The molecule has 0 saturated heterocycles. The van der Waals surface area contributed by atoms with Gasteiger partial charge in [0.15, 0.2) is 0 Å². The molecule has 0 bridgehead atoms. The normalized spacial score (nSPS) is 14.4. The zero-order valence-electron chi connectivity index (χ0n) is 12.4. The van der Waals surface area contributed by atoms with E-state index >= 15 is 0 Å². The number of hydrogen-bond donors (Lipinski definition) is 1. The molecule has 21 heavy (non-hydrogen) atoms. The Morgan fingerprint density at radius 3 is 2.90 bits per heavy atom. The first-order chi connectivity index (χ1) is 10.1. The van der Waals surface area contributed by atoms with Crippen LogP contribution in [0, 0.1) is 6.92 Å². The van der Waals surface area contributed by atoms with Gasteiger partial charge in [-0.15, -0.1) is 0 Å². The minimum absolute atomic E-state index is 0.426. The minimum Gasteiger partial charge on any atom is -0.487 e. The maximum atomic E-state index is 6.23. The molecular weight excluding hydrogens is 286 g/mol. The molecule has 1 N–H and O–H groups in total. The summed E-state index contributed by atoms with van der Waals surface area (Å²) in [6, 6.07) is 8.90. The van der Waals surface area contributed by atoms with Crippen molar-refractivity contribution in [3.8, 4) is 5.75 Å². The maximum Gasteiger partial charge on any atom is 0.131 e. The lowest BCUT2D eigenvalue weighted by molar-refractivity contribution is 0.294. The van der Waals surface area contributed by atoms with Crippen LogP contribution < -0.4 is 10.1 Å². The Kier molecular flexibility index (Phi) is 4.17. The molecule has 1 aromatic carbocycles. The van der Waals surface area contributed by atoms with E-state index in [1.807, 2.05) is 26.1 Å². The maximum absolute atomic E-state index is 6.23. The molecule has 1 fully saturated rings. The van der Waals surface area contributed by atoms with Crippen LogP contribution in [0.15, 0.2) is 24.3 Å². The number of benzene rings is 1. The number of nitrogens with one attached hydrogen (secondary N) is 1. The van der Waals surface area contributed by atoms with Crippen molar-refractivity contribution >= 4 is 11.6 Å². The molecule has 0 spiro atoms. The molecular formula is C16H20ClN3O. The number of aromatic nitrogens is 2. The lowest BCUT2D eigenvalue weighted by Crippen LogP contribution is -2.15. The van der Waals surface area contributed by atoms with Gasteiger partial charge in [-0.05, 0) is 37.5 Å². The number of hydrogen-bond acceptors (Lipinski definition) is 3. The average Bonchev–Trinajstić information content (AvgIpc) is 3.26. The zero-order chi connectivity index (χ0) is 14.8. The van der Waals surface area contributed by atoms with E-state index in [1.165, 1.54) is 18.4 Å². The predicted octanol–water partition coefficient (Wildman–Crippen LogP) is 3.21. The average molecular weight is 306 g/mol. The molecule has 1 aliphatic rings. The van der Waals surface area contributed by atoms with E-state index in [0.717, 1.165) is 23.7 Å². The van der Waals surface area contributed by atoms with E-state index in [1.54, 1.807) is 4.68 Å². The van der Waals surface area contributed by atoms with Crippen LogP contribution in [0.4, 0.5) is 0 Å². The molecule has 1 saturated carbocycles. The molecule has 1 aliphatic carbocycles. The highest BCUT2D eigenvalue weighted by molar-refractivity contribution is 6.31. The van der Waals surface area contributed by atoms with Crippen molar-refractivity contribution in [2.75, 3.05) is 0 Å². The summed E-state index contributed by atoms with van der Waals surface area (Å²) in [6.07, 6.45) is 2.60. The third-order valence-electron chi connectivity index (χ3n) is 3.71. The topological polar surface area (TPSA) is 39.1 Å². The Morgan fingerprint density at radius 2 is 2.24 bits per heavy atom. The lowest BCUT2D eigenvalue weighted by atomic mass is 10.2. The fourth-order valence-corrected chi connectivity index (χ4v) is 2.50. The first kappa shape index (κ1) is 14.4. The quantitative estimate of drug-likeness (QED) is 0.890. The third kappa shape index (κ3) is 3.57. The van der Waals surface area contributed by atoms with Crippen molar-refractivity contribution in [3.05, 3.63) is 46.2 Å². The van der Waals surface area contributed by atoms with E-state index < -0.39 is 0 Å². The van der Waals surface area contributed by atoms with Gasteiger partial charge in [0.25, 0.3) is 0 Å². The molecule has 2 aromatic rings. The number of nitrogens with zero attached hydrogens (tertiary/aromatic N) is 2. The summed E-state index contributed by atoms with van der Waals surface area (Å²) in [4.78, 5) is 0. The van der Waals surface area contributed by atoms with Gasteiger partial charge in [0.2, 0.25) is 0 Å². The Bertz CT molecular complexity index is 634. The molecule has 5 heteroatoms. The number of ether oxygens (including phenoxy) is 1. The van der Waals surface area contributed by atoms with E-state index in [9.17, 15) is 0 Å². The van der Waals surface area contributed by atoms with Gasteiger partial charge in [0.05, 0.1) is 16.4 Å².